The van der Waals surface area contributed by atoms with E-state index in [0.29, 0.717) is 22.8 Å². The third-order valence-corrected chi connectivity index (χ3v) is 4.97. The number of aryl methyl sites for hydroxylation is 1. The van der Waals surface area contributed by atoms with Crippen molar-refractivity contribution in [1.29, 1.82) is 0 Å². The standard InChI is InChI=1S/C25H31NO6/c1-15(2)19-10-8-9-16(3)24(19)26-25(28)17(4)32-23(27)12-11-18-13-21(30-6)22(31-7)14-20(18)29-5/h8-15,17H,1-7H3,(H,26,28)/b12-11+. The van der Waals surface area contributed by atoms with Crippen LogP contribution in [0.3, 0.4) is 0 Å². The Labute approximate surface area is 189 Å². The van der Waals surface area contributed by atoms with Gasteiger partial charge in [0.2, 0.25) is 0 Å². The smallest absolute Gasteiger partial charge is 0.331 e. The van der Waals surface area contributed by atoms with Crippen LogP contribution in [0.25, 0.3) is 6.08 Å². The summed E-state index contributed by atoms with van der Waals surface area (Å²) in [6.07, 6.45) is 1.80. The van der Waals surface area contributed by atoms with Crippen molar-refractivity contribution in [3.8, 4) is 17.2 Å². The van der Waals surface area contributed by atoms with Crippen LogP contribution in [0.1, 0.15) is 43.4 Å². The number of nitrogens with one attached hydrogen (secondary N) is 1. The van der Waals surface area contributed by atoms with Gasteiger partial charge in [-0.3, -0.25) is 4.79 Å². The van der Waals surface area contributed by atoms with Crippen molar-refractivity contribution in [2.45, 2.75) is 39.7 Å². The highest BCUT2D eigenvalue weighted by Gasteiger charge is 2.20. The molecule has 2 aromatic carbocycles. The van der Waals surface area contributed by atoms with Crippen LogP contribution in [0.15, 0.2) is 36.4 Å². The highest BCUT2D eigenvalue weighted by Crippen LogP contribution is 2.35. The lowest BCUT2D eigenvalue weighted by molar-refractivity contribution is -0.148. The highest BCUT2D eigenvalue weighted by molar-refractivity contribution is 5.97. The van der Waals surface area contributed by atoms with E-state index in [1.165, 1.54) is 40.4 Å². The van der Waals surface area contributed by atoms with E-state index in [1.54, 1.807) is 12.1 Å². The summed E-state index contributed by atoms with van der Waals surface area (Å²) in [5, 5.41) is 2.89. The molecular weight excluding hydrogens is 410 g/mol. The van der Waals surface area contributed by atoms with Crippen molar-refractivity contribution in [3.05, 3.63) is 53.1 Å². The summed E-state index contributed by atoms with van der Waals surface area (Å²) >= 11 is 0. The van der Waals surface area contributed by atoms with E-state index < -0.39 is 18.0 Å². The zero-order valence-corrected chi connectivity index (χ0v) is 19.6. The molecule has 0 aliphatic carbocycles. The Balaban J connectivity index is 2.10. The number of para-hydroxylation sites is 1. The maximum Gasteiger partial charge on any atom is 0.331 e. The summed E-state index contributed by atoms with van der Waals surface area (Å²) in [7, 11) is 4.56. The normalized spacial score (nSPS) is 11.9. The molecule has 0 aromatic heterocycles. The molecular formula is C25H31NO6. The first-order valence-corrected chi connectivity index (χ1v) is 10.3. The zero-order chi connectivity index (χ0) is 23.8. The molecule has 2 aromatic rings. The minimum Gasteiger partial charge on any atom is -0.496 e. The molecule has 32 heavy (non-hydrogen) atoms. The first kappa shape index (κ1) is 24.8. The number of anilines is 1. The van der Waals surface area contributed by atoms with Crippen LogP contribution < -0.4 is 19.5 Å². The minimum atomic E-state index is -0.973. The van der Waals surface area contributed by atoms with E-state index in [9.17, 15) is 9.59 Å². The Morgan fingerprint density at radius 1 is 0.938 bits per heavy atom. The van der Waals surface area contributed by atoms with E-state index in [2.05, 4.69) is 19.2 Å². The zero-order valence-electron chi connectivity index (χ0n) is 19.6. The predicted octanol–water partition coefficient (Wildman–Crippen LogP) is 4.73. The number of rotatable bonds is 9. The quantitative estimate of drug-likeness (QED) is 0.448. The second-order valence-electron chi connectivity index (χ2n) is 7.54. The minimum absolute atomic E-state index is 0.238. The molecule has 0 saturated heterocycles. The van der Waals surface area contributed by atoms with Crippen molar-refractivity contribution in [2.75, 3.05) is 26.6 Å². The molecule has 0 radical (unpaired) electrons. The van der Waals surface area contributed by atoms with Crippen LogP contribution in [0.5, 0.6) is 17.2 Å². The molecule has 0 bridgehead atoms. The Morgan fingerprint density at radius 3 is 2.16 bits per heavy atom. The van der Waals surface area contributed by atoms with Crippen LogP contribution >= 0.6 is 0 Å². The van der Waals surface area contributed by atoms with Crippen molar-refractivity contribution in [2.24, 2.45) is 0 Å². The van der Waals surface area contributed by atoms with E-state index in [-0.39, 0.29) is 5.92 Å². The molecule has 1 amide bonds. The third-order valence-electron chi connectivity index (χ3n) is 4.97. The summed E-state index contributed by atoms with van der Waals surface area (Å²) < 4.78 is 21.2. The van der Waals surface area contributed by atoms with Gasteiger partial charge in [-0.25, -0.2) is 4.79 Å². The van der Waals surface area contributed by atoms with E-state index in [4.69, 9.17) is 18.9 Å². The number of esters is 1. The number of hydrogen-bond donors (Lipinski definition) is 1. The number of amides is 1. The number of hydrogen-bond acceptors (Lipinski definition) is 6. The Bertz CT molecular complexity index is 996. The van der Waals surface area contributed by atoms with Crippen LogP contribution in [0, 0.1) is 6.92 Å². The van der Waals surface area contributed by atoms with Gasteiger partial charge in [0.15, 0.2) is 17.6 Å². The summed E-state index contributed by atoms with van der Waals surface area (Å²) in [4.78, 5) is 25.0. The Hall–Kier alpha value is -3.48. The molecule has 0 spiro atoms. The predicted molar refractivity (Wildman–Crippen MR) is 125 cm³/mol. The van der Waals surface area contributed by atoms with E-state index >= 15 is 0 Å². The topological polar surface area (TPSA) is 83.1 Å². The molecule has 0 heterocycles. The average molecular weight is 442 g/mol. The Morgan fingerprint density at radius 2 is 1.56 bits per heavy atom. The van der Waals surface area contributed by atoms with Crippen LogP contribution in [0.4, 0.5) is 5.69 Å². The molecule has 1 atom stereocenters. The van der Waals surface area contributed by atoms with Gasteiger partial charge in [0.1, 0.15) is 5.75 Å². The maximum atomic E-state index is 12.6. The van der Waals surface area contributed by atoms with E-state index in [1.807, 2.05) is 25.1 Å². The van der Waals surface area contributed by atoms with Crippen LogP contribution in [0.2, 0.25) is 0 Å². The largest absolute Gasteiger partial charge is 0.496 e. The lowest BCUT2D eigenvalue weighted by Gasteiger charge is -2.18. The molecule has 172 valence electrons. The molecule has 7 nitrogen and oxygen atoms in total. The van der Waals surface area contributed by atoms with Gasteiger partial charge in [-0.05, 0) is 43.0 Å². The first-order valence-electron chi connectivity index (χ1n) is 10.3. The van der Waals surface area contributed by atoms with Gasteiger partial charge in [0, 0.05) is 23.4 Å². The molecule has 0 aliphatic rings. The highest BCUT2D eigenvalue weighted by atomic mass is 16.5. The molecule has 7 heteroatoms. The van der Waals surface area contributed by atoms with Crippen LogP contribution in [-0.4, -0.2) is 39.3 Å². The number of carbonyl (C=O) groups is 2. The monoisotopic (exact) mass is 441 g/mol. The molecule has 1 unspecified atom stereocenters. The molecule has 2 rings (SSSR count). The van der Waals surface area contributed by atoms with Gasteiger partial charge in [0.25, 0.3) is 5.91 Å². The molecule has 0 saturated carbocycles. The van der Waals surface area contributed by atoms with Crippen LogP contribution in [-0.2, 0) is 14.3 Å². The van der Waals surface area contributed by atoms with Crippen molar-refractivity contribution in [3.63, 3.8) is 0 Å². The lowest BCUT2D eigenvalue weighted by atomic mass is 9.98. The fraction of sp³-hybridized carbons (Fsp3) is 0.360. The van der Waals surface area contributed by atoms with Gasteiger partial charge in [0.05, 0.1) is 21.3 Å². The van der Waals surface area contributed by atoms with Crippen molar-refractivity contribution in [1.82, 2.24) is 0 Å². The van der Waals surface area contributed by atoms with Gasteiger partial charge in [-0.1, -0.05) is 32.0 Å². The number of carbonyl (C=O) groups excluding carboxylic acids is 2. The van der Waals surface area contributed by atoms with Gasteiger partial charge in [-0.15, -0.1) is 0 Å². The second-order valence-corrected chi connectivity index (χ2v) is 7.54. The Kier molecular flexibility index (Phi) is 8.70. The molecule has 1 N–H and O–H groups in total. The summed E-state index contributed by atoms with van der Waals surface area (Å²) in [6.45, 7) is 7.57. The fourth-order valence-corrected chi connectivity index (χ4v) is 3.18. The fourth-order valence-electron chi connectivity index (χ4n) is 3.18. The van der Waals surface area contributed by atoms with Crippen molar-refractivity contribution >= 4 is 23.6 Å². The van der Waals surface area contributed by atoms with Crippen molar-refractivity contribution < 1.29 is 28.5 Å². The molecule has 0 fully saturated rings. The molecule has 0 aliphatic heterocycles. The lowest BCUT2D eigenvalue weighted by Crippen LogP contribution is -2.30. The second kappa shape index (κ2) is 11.2. The van der Waals surface area contributed by atoms with E-state index in [0.717, 1.165) is 16.8 Å². The van der Waals surface area contributed by atoms with Gasteiger partial charge < -0.3 is 24.3 Å². The summed E-state index contributed by atoms with van der Waals surface area (Å²) in [5.41, 5.74) is 3.32. The number of ether oxygens (including phenoxy) is 4. The van der Waals surface area contributed by atoms with Gasteiger partial charge >= 0.3 is 5.97 Å². The number of methoxy groups -OCH3 is 3. The average Bonchev–Trinajstić information content (AvgIpc) is 2.77. The first-order chi connectivity index (χ1) is 15.2. The maximum absolute atomic E-state index is 12.6. The summed E-state index contributed by atoms with van der Waals surface area (Å²) in [5.74, 6) is 0.685. The number of benzene rings is 2. The third kappa shape index (κ3) is 6.03. The van der Waals surface area contributed by atoms with Gasteiger partial charge in [-0.2, -0.15) is 0 Å². The summed E-state index contributed by atoms with van der Waals surface area (Å²) in [6, 6.07) is 9.20. The SMILES string of the molecule is COc1cc(OC)c(OC)cc1/C=C/C(=O)OC(C)C(=O)Nc1c(C)cccc1C(C)C.